The summed E-state index contributed by atoms with van der Waals surface area (Å²) in [5.41, 5.74) is 0. The summed E-state index contributed by atoms with van der Waals surface area (Å²) in [6.45, 7) is 3.87. The van der Waals surface area contributed by atoms with Crippen molar-refractivity contribution in [1.82, 2.24) is 9.80 Å². The van der Waals surface area contributed by atoms with Crippen LogP contribution < -0.4 is 0 Å². The smallest absolute Gasteiger partial charge is 0.0223 e. The molecule has 0 radical (unpaired) electrons. The molecule has 0 atom stereocenters. The van der Waals surface area contributed by atoms with E-state index in [2.05, 4.69) is 23.9 Å². The summed E-state index contributed by atoms with van der Waals surface area (Å²) in [6, 6.07) is 0.812. The van der Waals surface area contributed by atoms with Gasteiger partial charge in [-0.1, -0.05) is 12.8 Å². The highest BCUT2D eigenvalue weighted by atomic mass is 35.5. The second-order valence-electron chi connectivity index (χ2n) is 5.14. The van der Waals surface area contributed by atoms with Crippen LogP contribution in [0.2, 0.25) is 0 Å². The third-order valence-corrected chi connectivity index (χ3v) is 3.91. The van der Waals surface area contributed by atoms with Crippen molar-refractivity contribution in [3.05, 3.63) is 0 Å². The van der Waals surface area contributed by atoms with Crippen LogP contribution in [0.15, 0.2) is 0 Å². The van der Waals surface area contributed by atoms with Crippen LogP contribution in [0.5, 0.6) is 0 Å². The molecule has 1 rings (SSSR count). The van der Waals surface area contributed by atoms with Crippen molar-refractivity contribution in [1.29, 1.82) is 0 Å². The van der Waals surface area contributed by atoms with E-state index in [0.717, 1.165) is 11.9 Å². The van der Waals surface area contributed by atoms with Gasteiger partial charge in [-0.15, -0.1) is 11.6 Å². The number of nitrogens with zero attached hydrogens (tertiary/aromatic N) is 2. The number of unbranched alkanes of at least 4 members (excludes halogenated alkanes) is 3. The van der Waals surface area contributed by atoms with E-state index in [9.17, 15) is 0 Å². The number of hydrogen-bond donors (Lipinski definition) is 0. The lowest BCUT2D eigenvalue weighted by molar-refractivity contribution is 0.143. The number of hydrogen-bond acceptors (Lipinski definition) is 2. The molecule has 0 amide bonds. The number of likely N-dealkylation sites (tertiary alicyclic amines) is 1. The zero-order valence-corrected chi connectivity index (χ0v) is 11.7. The second-order valence-corrected chi connectivity index (χ2v) is 5.52. The third-order valence-electron chi connectivity index (χ3n) is 3.65. The quantitative estimate of drug-likeness (QED) is 0.504. The molecule has 2 nitrogen and oxygen atoms in total. The van der Waals surface area contributed by atoms with Crippen molar-refractivity contribution >= 4 is 11.6 Å². The Bertz CT molecular complexity index is 165. The molecular weight excluding hydrogens is 220 g/mol. The van der Waals surface area contributed by atoms with Gasteiger partial charge in [0, 0.05) is 11.9 Å². The van der Waals surface area contributed by atoms with Gasteiger partial charge >= 0.3 is 0 Å². The maximum Gasteiger partial charge on any atom is 0.0223 e. The maximum absolute atomic E-state index is 5.66. The van der Waals surface area contributed by atoms with Crippen molar-refractivity contribution in [2.45, 2.75) is 44.6 Å². The molecule has 0 bridgehead atoms. The van der Waals surface area contributed by atoms with Gasteiger partial charge in [0.15, 0.2) is 0 Å². The number of halogens is 1. The largest absolute Gasteiger partial charge is 0.306 e. The number of alkyl halides is 1. The van der Waals surface area contributed by atoms with Crippen LogP contribution >= 0.6 is 11.6 Å². The van der Waals surface area contributed by atoms with Gasteiger partial charge in [0.1, 0.15) is 0 Å². The average Bonchev–Trinajstić information content (AvgIpc) is 2.29. The molecule has 1 heterocycles. The van der Waals surface area contributed by atoms with Gasteiger partial charge < -0.3 is 9.80 Å². The molecule has 16 heavy (non-hydrogen) atoms. The van der Waals surface area contributed by atoms with Crippen molar-refractivity contribution < 1.29 is 0 Å². The van der Waals surface area contributed by atoms with E-state index in [1.807, 2.05) is 0 Å². The number of piperidine rings is 1. The van der Waals surface area contributed by atoms with E-state index in [0.29, 0.717) is 0 Å². The van der Waals surface area contributed by atoms with E-state index in [1.165, 1.54) is 58.2 Å². The summed E-state index contributed by atoms with van der Waals surface area (Å²) in [5, 5.41) is 0. The summed E-state index contributed by atoms with van der Waals surface area (Å²) in [7, 11) is 4.40. The normalized spacial score (nSPS) is 19.5. The second kappa shape index (κ2) is 8.32. The van der Waals surface area contributed by atoms with Crippen LogP contribution in [0.4, 0.5) is 0 Å². The van der Waals surface area contributed by atoms with Gasteiger partial charge in [-0.3, -0.25) is 0 Å². The van der Waals surface area contributed by atoms with Crippen LogP contribution in [0.25, 0.3) is 0 Å². The molecule has 1 aliphatic heterocycles. The van der Waals surface area contributed by atoms with Crippen molar-refractivity contribution in [2.24, 2.45) is 0 Å². The molecule has 0 N–H and O–H groups in total. The lowest BCUT2D eigenvalue weighted by Gasteiger charge is -2.35. The fraction of sp³-hybridized carbons (Fsp3) is 1.00. The van der Waals surface area contributed by atoms with Crippen molar-refractivity contribution in [3.63, 3.8) is 0 Å². The molecule has 0 aromatic carbocycles. The molecule has 0 unspecified atom stereocenters. The van der Waals surface area contributed by atoms with Crippen LogP contribution in [0.3, 0.4) is 0 Å². The summed E-state index contributed by atoms with van der Waals surface area (Å²) in [4.78, 5) is 5.00. The minimum absolute atomic E-state index is 0.812. The highest BCUT2D eigenvalue weighted by Crippen LogP contribution is 2.14. The first-order valence-corrected chi connectivity index (χ1v) is 7.22. The third kappa shape index (κ3) is 5.51. The standard InChI is InChI=1S/C13H27ClN2/c1-15(2)13-7-11-16(12-8-13)10-6-4-3-5-9-14/h13H,3-12H2,1-2H3. The van der Waals surface area contributed by atoms with E-state index in [-0.39, 0.29) is 0 Å². The molecule has 0 spiro atoms. The average molecular weight is 247 g/mol. The summed E-state index contributed by atoms with van der Waals surface area (Å²) in [5.74, 6) is 0.828. The first-order chi connectivity index (χ1) is 7.74. The van der Waals surface area contributed by atoms with Crippen LogP contribution in [0.1, 0.15) is 38.5 Å². The Morgan fingerprint density at radius 2 is 1.69 bits per heavy atom. The van der Waals surface area contributed by atoms with Crippen molar-refractivity contribution in [3.8, 4) is 0 Å². The summed E-state index contributed by atoms with van der Waals surface area (Å²) < 4.78 is 0. The van der Waals surface area contributed by atoms with Gasteiger partial charge in [-0.25, -0.2) is 0 Å². The SMILES string of the molecule is CN(C)C1CCN(CCCCCCCl)CC1. The van der Waals surface area contributed by atoms with E-state index < -0.39 is 0 Å². The van der Waals surface area contributed by atoms with Crippen LogP contribution in [0, 0.1) is 0 Å². The lowest BCUT2D eigenvalue weighted by Crippen LogP contribution is -2.42. The fourth-order valence-corrected chi connectivity index (χ4v) is 2.63. The summed E-state index contributed by atoms with van der Waals surface area (Å²) >= 11 is 5.66. The van der Waals surface area contributed by atoms with E-state index >= 15 is 0 Å². The minimum atomic E-state index is 0.812. The molecule has 0 saturated carbocycles. The molecule has 0 aromatic heterocycles. The molecule has 0 aromatic rings. The van der Waals surface area contributed by atoms with Crippen molar-refractivity contribution in [2.75, 3.05) is 39.6 Å². The first kappa shape index (κ1) is 14.3. The highest BCUT2D eigenvalue weighted by molar-refractivity contribution is 6.17. The Morgan fingerprint density at radius 1 is 1.06 bits per heavy atom. The van der Waals surface area contributed by atoms with Gasteiger partial charge in [0.05, 0.1) is 0 Å². The highest BCUT2D eigenvalue weighted by Gasteiger charge is 2.19. The molecular formula is C13H27ClN2. The molecule has 3 heteroatoms. The summed E-state index contributed by atoms with van der Waals surface area (Å²) in [6.07, 6.45) is 7.87. The van der Waals surface area contributed by atoms with E-state index in [1.54, 1.807) is 0 Å². The monoisotopic (exact) mass is 246 g/mol. The maximum atomic E-state index is 5.66. The predicted octanol–water partition coefficient (Wildman–Crippen LogP) is 2.81. The Balaban J connectivity index is 1.99. The fourth-order valence-electron chi connectivity index (χ4n) is 2.44. The minimum Gasteiger partial charge on any atom is -0.306 e. The zero-order chi connectivity index (χ0) is 11.8. The van der Waals surface area contributed by atoms with E-state index in [4.69, 9.17) is 11.6 Å². The van der Waals surface area contributed by atoms with Crippen LogP contribution in [-0.4, -0.2) is 55.5 Å². The van der Waals surface area contributed by atoms with Crippen LogP contribution in [-0.2, 0) is 0 Å². The molecule has 96 valence electrons. The molecule has 1 fully saturated rings. The Hall–Kier alpha value is 0.210. The molecule has 1 saturated heterocycles. The van der Waals surface area contributed by atoms with Gasteiger partial charge in [0.25, 0.3) is 0 Å². The lowest BCUT2D eigenvalue weighted by atomic mass is 10.0. The number of rotatable bonds is 7. The molecule has 1 aliphatic rings. The van der Waals surface area contributed by atoms with Gasteiger partial charge in [-0.2, -0.15) is 0 Å². The Labute approximate surface area is 106 Å². The van der Waals surface area contributed by atoms with Gasteiger partial charge in [-0.05, 0) is 59.4 Å². The predicted molar refractivity (Wildman–Crippen MR) is 72.3 cm³/mol. The topological polar surface area (TPSA) is 6.48 Å². The molecule has 0 aliphatic carbocycles. The van der Waals surface area contributed by atoms with Gasteiger partial charge in [0.2, 0.25) is 0 Å². The Kier molecular flexibility index (Phi) is 7.42. The first-order valence-electron chi connectivity index (χ1n) is 6.69. The zero-order valence-electron chi connectivity index (χ0n) is 10.9. The Morgan fingerprint density at radius 3 is 2.25 bits per heavy atom.